The van der Waals surface area contributed by atoms with Crippen LogP contribution in [0.25, 0.3) is 0 Å². The molecule has 1 fully saturated rings. The molecule has 7 heteroatoms. The van der Waals surface area contributed by atoms with Gasteiger partial charge >= 0.3 is 0 Å². The molecule has 2 amide bonds. The summed E-state index contributed by atoms with van der Waals surface area (Å²) in [6.45, 7) is 1.79. The fourth-order valence-corrected chi connectivity index (χ4v) is 4.75. The number of hydrogen-bond acceptors (Lipinski definition) is 4. The third-order valence-corrected chi connectivity index (χ3v) is 6.82. The second kappa shape index (κ2) is 13.9. The third-order valence-electron chi connectivity index (χ3n) is 5.74. The fourth-order valence-electron chi connectivity index (χ4n) is 3.87. The van der Waals surface area contributed by atoms with Crippen LogP contribution in [0.1, 0.15) is 55.3 Å². The summed E-state index contributed by atoms with van der Waals surface area (Å²) in [7, 11) is 0. The van der Waals surface area contributed by atoms with Crippen molar-refractivity contribution in [2.75, 3.05) is 25.4 Å². The topological polar surface area (TPSA) is 67.4 Å². The van der Waals surface area contributed by atoms with E-state index in [9.17, 15) is 14.0 Å². The molecule has 0 aromatic heterocycles. The average Bonchev–Trinajstić information content (AvgIpc) is 2.85. The highest BCUT2D eigenvalue weighted by atomic mass is 32.2. The van der Waals surface area contributed by atoms with Crippen LogP contribution in [0.4, 0.5) is 4.39 Å². The first kappa shape index (κ1) is 25.1. The normalized spacial score (nSPS) is 14.0. The standard InChI is InChI=1S/C26H33FN2O3S/c27-21-12-14-22(15-13-21)32-17-7-6-16-28-26(31)23-10-4-5-11-24(23)33-19-25(30)29-18-20-8-2-1-3-9-20/h4-5,10-15,20H,1-3,6-9,16-19H2,(H,28,31)(H,29,30). The number of benzene rings is 2. The number of carbonyl (C=O) groups is 2. The highest BCUT2D eigenvalue weighted by molar-refractivity contribution is 8.00. The van der Waals surface area contributed by atoms with E-state index in [0.717, 1.165) is 24.3 Å². The van der Waals surface area contributed by atoms with Crippen LogP contribution in [0.15, 0.2) is 53.4 Å². The summed E-state index contributed by atoms with van der Waals surface area (Å²) >= 11 is 1.40. The Kier molecular flexibility index (Phi) is 10.6. The second-order valence-corrected chi connectivity index (χ2v) is 9.38. The Bertz CT molecular complexity index is 885. The quantitative estimate of drug-likeness (QED) is 0.329. The molecule has 3 rings (SSSR count). The molecule has 1 aliphatic carbocycles. The maximum Gasteiger partial charge on any atom is 0.252 e. The van der Waals surface area contributed by atoms with Gasteiger partial charge in [0, 0.05) is 18.0 Å². The van der Waals surface area contributed by atoms with Gasteiger partial charge in [-0.1, -0.05) is 31.4 Å². The molecule has 1 saturated carbocycles. The summed E-state index contributed by atoms with van der Waals surface area (Å²) in [4.78, 5) is 25.7. The average molecular weight is 473 g/mol. The lowest BCUT2D eigenvalue weighted by atomic mass is 9.89. The summed E-state index contributed by atoms with van der Waals surface area (Å²) in [6.07, 6.45) is 7.78. The Morgan fingerprint density at radius 1 is 0.970 bits per heavy atom. The number of rotatable bonds is 12. The molecule has 1 aliphatic rings. The highest BCUT2D eigenvalue weighted by Gasteiger charge is 2.15. The summed E-state index contributed by atoms with van der Waals surface area (Å²) < 4.78 is 18.5. The Morgan fingerprint density at radius 2 is 1.73 bits per heavy atom. The van der Waals surface area contributed by atoms with Crippen molar-refractivity contribution in [1.29, 1.82) is 0 Å². The van der Waals surface area contributed by atoms with Crippen molar-refractivity contribution in [2.45, 2.75) is 49.8 Å². The van der Waals surface area contributed by atoms with Crippen LogP contribution in [-0.4, -0.2) is 37.3 Å². The molecule has 178 valence electrons. The highest BCUT2D eigenvalue weighted by Crippen LogP contribution is 2.24. The Balaban J connectivity index is 1.34. The first-order valence-electron chi connectivity index (χ1n) is 11.8. The van der Waals surface area contributed by atoms with Gasteiger partial charge in [0.2, 0.25) is 5.91 Å². The van der Waals surface area contributed by atoms with Crippen molar-refractivity contribution < 1.29 is 18.7 Å². The molecule has 33 heavy (non-hydrogen) atoms. The van der Waals surface area contributed by atoms with Gasteiger partial charge < -0.3 is 15.4 Å². The molecule has 5 nitrogen and oxygen atoms in total. The maximum atomic E-state index is 12.9. The van der Waals surface area contributed by atoms with Crippen LogP contribution in [0.3, 0.4) is 0 Å². The van der Waals surface area contributed by atoms with Gasteiger partial charge in [-0.2, -0.15) is 0 Å². The second-order valence-electron chi connectivity index (χ2n) is 8.36. The van der Waals surface area contributed by atoms with E-state index >= 15 is 0 Å². The molecular formula is C26H33FN2O3S. The van der Waals surface area contributed by atoms with Crippen molar-refractivity contribution in [2.24, 2.45) is 5.92 Å². The van der Waals surface area contributed by atoms with Gasteiger partial charge in [-0.25, -0.2) is 4.39 Å². The Labute approximate surface area is 199 Å². The van der Waals surface area contributed by atoms with Gasteiger partial charge in [-0.15, -0.1) is 11.8 Å². The molecule has 0 aliphatic heterocycles. The van der Waals surface area contributed by atoms with Crippen molar-refractivity contribution in [1.82, 2.24) is 10.6 Å². The van der Waals surface area contributed by atoms with E-state index in [-0.39, 0.29) is 17.6 Å². The SMILES string of the molecule is O=C(CSc1ccccc1C(=O)NCCCCOc1ccc(F)cc1)NCC1CCCCC1. The van der Waals surface area contributed by atoms with E-state index < -0.39 is 0 Å². The predicted molar refractivity (Wildman–Crippen MR) is 130 cm³/mol. The van der Waals surface area contributed by atoms with Crippen LogP contribution in [0.2, 0.25) is 0 Å². The van der Waals surface area contributed by atoms with Gasteiger partial charge in [0.05, 0.1) is 17.9 Å². The van der Waals surface area contributed by atoms with Crippen molar-refractivity contribution in [3.63, 3.8) is 0 Å². The summed E-state index contributed by atoms with van der Waals surface area (Å²) in [5.74, 6) is 1.13. The van der Waals surface area contributed by atoms with Crippen LogP contribution >= 0.6 is 11.8 Å². The lowest BCUT2D eigenvalue weighted by Crippen LogP contribution is -2.31. The zero-order chi connectivity index (χ0) is 23.3. The van der Waals surface area contributed by atoms with E-state index in [1.54, 1.807) is 18.2 Å². The number of nitrogens with one attached hydrogen (secondary N) is 2. The van der Waals surface area contributed by atoms with Gasteiger partial charge in [0.15, 0.2) is 0 Å². The molecule has 0 saturated heterocycles. The zero-order valence-electron chi connectivity index (χ0n) is 19.0. The van der Waals surface area contributed by atoms with E-state index in [1.165, 1.54) is 56.0 Å². The molecule has 0 atom stereocenters. The number of amides is 2. The molecule has 2 N–H and O–H groups in total. The summed E-state index contributed by atoms with van der Waals surface area (Å²) in [5.41, 5.74) is 0.588. The number of halogens is 1. The van der Waals surface area contributed by atoms with Crippen LogP contribution < -0.4 is 15.4 Å². The van der Waals surface area contributed by atoms with Gasteiger partial charge in [-0.3, -0.25) is 9.59 Å². The van der Waals surface area contributed by atoms with E-state index in [4.69, 9.17) is 4.74 Å². The molecule has 2 aromatic carbocycles. The molecule has 0 heterocycles. The van der Waals surface area contributed by atoms with Crippen LogP contribution in [0, 0.1) is 11.7 Å². The molecule has 0 bridgehead atoms. The minimum atomic E-state index is -0.288. The number of ether oxygens (including phenoxy) is 1. The molecular weight excluding hydrogens is 439 g/mol. The molecule has 0 unspecified atom stereocenters. The van der Waals surface area contributed by atoms with Gasteiger partial charge in [0.1, 0.15) is 11.6 Å². The fraction of sp³-hybridized carbons (Fsp3) is 0.462. The number of hydrogen-bond donors (Lipinski definition) is 2. The maximum absolute atomic E-state index is 12.9. The minimum absolute atomic E-state index is 0.0157. The molecule has 0 radical (unpaired) electrons. The van der Waals surface area contributed by atoms with Crippen LogP contribution in [-0.2, 0) is 4.79 Å². The largest absolute Gasteiger partial charge is 0.494 e. The number of carbonyl (C=O) groups excluding carboxylic acids is 2. The summed E-state index contributed by atoms with van der Waals surface area (Å²) in [5, 5.41) is 5.99. The molecule has 2 aromatic rings. The Morgan fingerprint density at radius 3 is 2.52 bits per heavy atom. The molecule has 0 spiro atoms. The van der Waals surface area contributed by atoms with E-state index in [0.29, 0.717) is 36.1 Å². The van der Waals surface area contributed by atoms with Crippen molar-refractivity contribution in [3.05, 3.63) is 59.9 Å². The van der Waals surface area contributed by atoms with Gasteiger partial charge in [0.25, 0.3) is 5.91 Å². The third kappa shape index (κ3) is 9.08. The van der Waals surface area contributed by atoms with Crippen LogP contribution in [0.5, 0.6) is 5.75 Å². The van der Waals surface area contributed by atoms with E-state index in [1.807, 2.05) is 18.2 Å². The smallest absolute Gasteiger partial charge is 0.252 e. The predicted octanol–water partition coefficient (Wildman–Crippen LogP) is 5.20. The summed E-state index contributed by atoms with van der Waals surface area (Å²) in [6, 6.07) is 13.3. The first-order chi connectivity index (χ1) is 16.1. The van der Waals surface area contributed by atoms with E-state index in [2.05, 4.69) is 10.6 Å². The number of unbranched alkanes of at least 4 members (excludes halogenated alkanes) is 1. The first-order valence-corrected chi connectivity index (χ1v) is 12.8. The van der Waals surface area contributed by atoms with Crippen molar-refractivity contribution >= 4 is 23.6 Å². The number of thioether (sulfide) groups is 1. The monoisotopic (exact) mass is 472 g/mol. The zero-order valence-corrected chi connectivity index (χ0v) is 19.8. The Hall–Kier alpha value is -2.54. The lowest BCUT2D eigenvalue weighted by molar-refractivity contribution is -0.118. The minimum Gasteiger partial charge on any atom is -0.494 e. The van der Waals surface area contributed by atoms with Crippen molar-refractivity contribution in [3.8, 4) is 5.75 Å². The lowest BCUT2D eigenvalue weighted by Gasteiger charge is -2.21. The van der Waals surface area contributed by atoms with Gasteiger partial charge in [-0.05, 0) is 68.0 Å².